The predicted molar refractivity (Wildman–Crippen MR) is 64.9 cm³/mol. The molecule has 0 aliphatic rings. The second-order valence-corrected chi connectivity index (χ2v) is 4.28. The highest BCUT2D eigenvalue weighted by molar-refractivity contribution is 6.50. The molecule has 2 nitrogen and oxygen atoms in total. The molecule has 106 valence electrons. The molecule has 0 aliphatic heterocycles. The van der Waals surface area contributed by atoms with Gasteiger partial charge < -0.3 is 17.3 Å². The standard InChI is InChI=1S/C11H21N2.BF4/c1-6-7-8-13-10(3)9(2)12(5)11(13)4;2-1(3,4)5/h6-8H2,1-5H3;/q+1;-1. The number of rotatable bonds is 3. The molecule has 0 unspecified atom stereocenters. The molecule has 0 spiro atoms. The van der Waals surface area contributed by atoms with Gasteiger partial charge in [-0.2, -0.15) is 0 Å². The van der Waals surface area contributed by atoms with Gasteiger partial charge in [-0.05, 0) is 6.42 Å². The average Bonchev–Trinajstić information content (AvgIpc) is 2.40. The van der Waals surface area contributed by atoms with E-state index < -0.39 is 7.25 Å². The van der Waals surface area contributed by atoms with Gasteiger partial charge in [0.2, 0.25) is 0 Å². The topological polar surface area (TPSA) is 8.81 Å². The Bertz CT molecular complexity index is 354. The fourth-order valence-corrected chi connectivity index (χ4v) is 1.75. The minimum atomic E-state index is -6.00. The lowest BCUT2D eigenvalue weighted by Crippen LogP contribution is -2.38. The molecule has 18 heavy (non-hydrogen) atoms. The summed E-state index contributed by atoms with van der Waals surface area (Å²) in [6.07, 6.45) is 2.54. The Morgan fingerprint density at radius 2 is 1.56 bits per heavy atom. The number of halogens is 4. The Balaban J connectivity index is 0.000000494. The van der Waals surface area contributed by atoms with Gasteiger partial charge in [0.1, 0.15) is 11.4 Å². The molecule has 1 aromatic rings. The van der Waals surface area contributed by atoms with Crippen molar-refractivity contribution in [1.29, 1.82) is 0 Å². The second-order valence-electron chi connectivity index (χ2n) is 4.28. The summed E-state index contributed by atoms with van der Waals surface area (Å²) in [5.74, 6) is 1.36. The number of unbranched alkanes of at least 4 members (excludes halogenated alkanes) is 1. The zero-order chi connectivity index (χ0) is 14.5. The normalized spacial score (nSPS) is 11.2. The minimum absolute atomic E-state index is 1.16. The molecule has 0 amide bonds. The lowest BCUT2D eigenvalue weighted by Gasteiger charge is -1.98. The Hall–Kier alpha value is -1.01. The summed E-state index contributed by atoms with van der Waals surface area (Å²) < 4.78 is 43.7. The van der Waals surface area contributed by atoms with Crippen LogP contribution in [0.3, 0.4) is 0 Å². The van der Waals surface area contributed by atoms with Crippen molar-refractivity contribution in [2.45, 2.75) is 47.1 Å². The molecular formula is C11H21BF4N2. The highest BCUT2D eigenvalue weighted by atomic mass is 19.5. The SMILES string of the molecule is CCCC[n+]1c(C)c(C)n(C)c1C.F[B-](F)(F)F. The Morgan fingerprint density at radius 1 is 1.11 bits per heavy atom. The van der Waals surface area contributed by atoms with Gasteiger partial charge in [-0.25, -0.2) is 9.13 Å². The highest BCUT2D eigenvalue weighted by Crippen LogP contribution is 2.06. The lowest BCUT2D eigenvalue weighted by atomic mass is 10.3. The van der Waals surface area contributed by atoms with E-state index in [9.17, 15) is 17.3 Å². The lowest BCUT2D eigenvalue weighted by molar-refractivity contribution is -0.708. The highest BCUT2D eigenvalue weighted by Gasteiger charge is 2.20. The average molecular weight is 268 g/mol. The molecule has 0 aliphatic carbocycles. The zero-order valence-electron chi connectivity index (χ0n) is 11.6. The molecule has 0 fully saturated rings. The maximum atomic E-state index is 9.75. The Kier molecular flexibility index (Phi) is 6.42. The third-order valence-corrected chi connectivity index (χ3v) is 3.04. The number of nitrogens with zero attached hydrogens (tertiary/aromatic N) is 2. The van der Waals surface area contributed by atoms with Crippen LogP contribution >= 0.6 is 0 Å². The van der Waals surface area contributed by atoms with Gasteiger partial charge in [0.25, 0.3) is 5.82 Å². The van der Waals surface area contributed by atoms with Crippen LogP contribution in [0, 0.1) is 20.8 Å². The number of aromatic nitrogens is 2. The molecule has 0 atom stereocenters. The van der Waals surface area contributed by atoms with Crippen molar-refractivity contribution in [3.05, 3.63) is 17.2 Å². The van der Waals surface area contributed by atoms with Crippen molar-refractivity contribution < 1.29 is 21.8 Å². The van der Waals surface area contributed by atoms with Gasteiger partial charge in [-0.15, -0.1) is 0 Å². The summed E-state index contributed by atoms with van der Waals surface area (Å²) in [4.78, 5) is 0. The van der Waals surface area contributed by atoms with E-state index in [0.29, 0.717) is 0 Å². The first-order valence-corrected chi connectivity index (χ1v) is 5.99. The van der Waals surface area contributed by atoms with Crippen LogP contribution in [0.25, 0.3) is 0 Å². The van der Waals surface area contributed by atoms with E-state index in [2.05, 4.69) is 43.9 Å². The summed E-state index contributed by atoms with van der Waals surface area (Å²) in [7, 11) is -3.86. The molecule has 1 rings (SSSR count). The molecule has 1 heterocycles. The van der Waals surface area contributed by atoms with Crippen LogP contribution in [-0.2, 0) is 13.6 Å². The first-order chi connectivity index (χ1) is 8.09. The van der Waals surface area contributed by atoms with E-state index in [0.717, 1.165) is 6.54 Å². The van der Waals surface area contributed by atoms with Crippen LogP contribution in [0.1, 0.15) is 37.0 Å². The summed E-state index contributed by atoms with van der Waals surface area (Å²) in [5.41, 5.74) is 2.79. The quantitative estimate of drug-likeness (QED) is 0.451. The fraction of sp³-hybridized carbons (Fsp3) is 0.727. The van der Waals surface area contributed by atoms with Gasteiger partial charge in [0.05, 0.1) is 13.6 Å². The third kappa shape index (κ3) is 5.55. The maximum absolute atomic E-state index is 9.75. The molecule has 0 aromatic carbocycles. The molecule has 0 radical (unpaired) electrons. The smallest absolute Gasteiger partial charge is 0.418 e. The molecule has 1 aromatic heterocycles. The first kappa shape index (κ1) is 17.0. The zero-order valence-corrected chi connectivity index (χ0v) is 11.6. The van der Waals surface area contributed by atoms with Crippen molar-refractivity contribution in [3.63, 3.8) is 0 Å². The minimum Gasteiger partial charge on any atom is -0.418 e. The summed E-state index contributed by atoms with van der Waals surface area (Å²) in [6.45, 7) is 9.98. The van der Waals surface area contributed by atoms with Crippen LogP contribution < -0.4 is 4.57 Å². The van der Waals surface area contributed by atoms with Gasteiger partial charge >= 0.3 is 7.25 Å². The molecule has 0 N–H and O–H groups in total. The van der Waals surface area contributed by atoms with Gasteiger partial charge in [0.15, 0.2) is 0 Å². The number of imidazole rings is 1. The molecule has 7 heteroatoms. The maximum Gasteiger partial charge on any atom is 0.673 e. The second kappa shape index (κ2) is 6.80. The van der Waals surface area contributed by atoms with E-state index >= 15 is 0 Å². The van der Waals surface area contributed by atoms with Gasteiger partial charge in [-0.1, -0.05) is 13.3 Å². The largest absolute Gasteiger partial charge is 0.673 e. The summed E-state index contributed by atoms with van der Waals surface area (Å²) in [6, 6.07) is 0. The Morgan fingerprint density at radius 3 is 1.83 bits per heavy atom. The number of hydrogen-bond donors (Lipinski definition) is 0. The van der Waals surface area contributed by atoms with Crippen molar-refractivity contribution in [1.82, 2.24) is 4.57 Å². The van der Waals surface area contributed by atoms with Crippen LogP contribution in [0.2, 0.25) is 0 Å². The third-order valence-electron chi connectivity index (χ3n) is 3.04. The van der Waals surface area contributed by atoms with Gasteiger partial charge in [0, 0.05) is 20.8 Å². The molecule has 0 saturated heterocycles. The molecular weight excluding hydrogens is 247 g/mol. The predicted octanol–water partition coefficient (Wildman–Crippen LogP) is 3.34. The van der Waals surface area contributed by atoms with Crippen LogP contribution in [0.15, 0.2) is 0 Å². The van der Waals surface area contributed by atoms with E-state index in [-0.39, 0.29) is 0 Å². The molecule has 0 bridgehead atoms. The molecule has 0 saturated carbocycles. The van der Waals surface area contributed by atoms with Crippen LogP contribution in [-0.4, -0.2) is 11.8 Å². The van der Waals surface area contributed by atoms with Crippen molar-refractivity contribution >= 4 is 7.25 Å². The van der Waals surface area contributed by atoms with E-state index in [1.54, 1.807) is 0 Å². The first-order valence-electron chi connectivity index (χ1n) is 5.99. The van der Waals surface area contributed by atoms with E-state index in [1.807, 2.05) is 0 Å². The van der Waals surface area contributed by atoms with Crippen molar-refractivity contribution in [2.24, 2.45) is 7.05 Å². The van der Waals surface area contributed by atoms with E-state index in [1.165, 1.54) is 30.1 Å². The van der Waals surface area contributed by atoms with Crippen molar-refractivity contribution in [2.75, 3.05) is 0 Å². The number of hydrogen-bond acceptors (Lipinski definition) is 0. The van der Waals surface area contributed by atoms with Gasteiger partial charge in [-0.3, -0.25) is 0 Å². The van der Waals surface area contributed by atoms with Crippen LogP contribution in [0.5, 0.6) is 0 Å². The van der Waals surface area contributed by atoms with Crippen LogP contribution in [0.4, 0.5) is 17.3 Å². The fourth-order valence-electron chi connectivity index (χ4n) is 1.75. The Labute approximate surface area is 106 Å². The summed E-state index contributed by atoms with van der Waals surface area (Å²) >= 11 is 0. The monoisotopic (exact) mass is 268 g/mol. The van der Waals surface area contributed by atoms with Crippen molar-refractivity contribution in [3.8, 4) is 0 Å². The summed E-state index contributed by atoms with van der Waals surface area (Å²) in [5, 5.41) is 0. The van der Waals surface area contributed by atoms with E-state index in [4.69, 9.17) is 0 Å².